The Bertz CT molecular complexity index is 266. The van der Waals surface area contributed by atoms with Gasteiger partial charge >= 0.3 is 0 Å². The van der Waals surface area contributed by atoms with Crippen molar-refractivity contribution in [3.8, 4) is 0 Å². The normalized spacial score (nSPS) is 23.2. The van der Waals surface area contributed by atoms with E-state index in [1.807, 2.05) is 0 Å². The van der Waals surface area contributed by atoms with E-state index in [0.717, 1.165) is 25.8 Å². The molecule has 0 aromatic rings. The molecule has 0 saturated carbocycles. The largest absolute Gasteiger partial charge is 0.355 e. The van der Waals surface area contributed by atoms with Crippen molar-refractivity contribution in [3.05, 3.63) is 0 Å². The minimum Gasteiger partial charge on any atom is -0.355 e. The van der Waals surface area contributed by atoms with Crippen molar-refractivity contribution in [2.45, 2.75) is 38.3 Å². The van der Waals surface area contributed by atoms with E-state index in [2.05, 4.69) is 10.6 Å². The molecule has 1 aliphatic heterocycles. The molecule has 0 radical (unpaired) electrons. The smallest absolute Gasteiger partial charge is 0.238 e. The van der Waals surface area contributed by atoms with E-state index >= 15 is 0 Å². The highest BCUT2D eigenvalue weighted by molar-refractivity contribution is 5.85. The minimum absolute atomic E-state index is 0.00273. The SMILES string of the molecule is CC(NC1CCCCNC1=O)C(=O)N(C)C. The third-order valence-corrected chi connectivity index (χ3v) is 2.80. The lowest BCUT2D eigenvalue weighted by Gasteiger charge is -2.22. The van der Waals surface area contributed by atoms with Crippen molar-refractivity contribution >= 4 is 11.8 Å². The third kappa shape index (κ3) is 3.48. The third-order valence-electron chi connectivity index (χ3n) is 2.80. The molecule has 2 atom stereocenters. The van der Waals surface area contributed by atoms with Gasteiger partial charge in [0.05, 0.1) is 12.1 Å². The van der Waals surface area contributed by atoms with Gasteiger partial charge < -0.3 is 10.2 Å². The maximum Gasteiger partial charge on any atom is 0.238 e. The number of nitrogens with one attached hydrogen (secondary N) is 2. The Labute approximate surface area is 96.6 Å². The summed E-state index contributed by atoms with van der Waals surface area (Å²) in [5.41, 5.74) is 0. The summed E-state index contributed by atoms with van der Waals surface area (Å²) in [6.07, 6.45) is 2.83. The van der Waals surface area contributed by atoms with Gasteiger partial charge in [0.25, 0.3) is 0 Å². The van der Waals surface area contributed by atoms with Crippen molar-refractivity contribution < 1.29 is 9.59 Å². The number of rotatable bonds is 3. The first-order valence-corrected chi connectivity index (χ1v) is 5.77. The fraction of sp³-hybridized carbons (Fsp3) is 0.818. The summed E-state index contributed by atoms with van der Waals surface area (Å²) >= 11 is 0. The quantitative estimate of drug-likeness (QED) is 0.697. The molecule has 92 valence electrons. The van der Waals surface area contributed by atoms with E-state index in [0.29, 0.717) is 0 Å². The van der Waals surface area contributed by atoms with Crippen LogP contribution in [0.15, 0.2) is 0 Å². The van der Waals surface area contributed by atoms with Gasteiger partial charge in [-0.3, -0.25) is 14.9 Å². The highest BCUT2D eigenvalue weighted by Gasteiger charge is 2.25. The Hall–Kier alpha value is -1.10. The van der Waals surface area contributed by atoms with E-state index in [-0.39, 0.29) is 23.9 Å². The van der Waals surface area contributed by atoms with Crippen LogP contribution in [0.1, 0.15) is 26.2 Å². The zero-order valence-corrected chi connectivity index (χ0v) is 10.2. The first-order valence-electron chi connectivity index (χ1n) is 5.77. The fourth-order valence-corrected chi connectivity index (χ4v) is 1.86. The zero-order valence-electron chi connectivity index (χ0n) is 10.2. The second-order valence-corrected chi connectivity index (χ2v) is 4.46. The Balaban J connectivity index is 2.51. The number of carbonyl (C=O) groups is 2. The lowest BCUT2D eigenvalue weighted by Crippen LogP contribution is -2.51. The molecule has 1 heterocycles. The molecule has 0 aliphatic carbocycles. The van der Waals surface area contributed by atoms with E-state index < -0.39 is 0 Å². The van der Waals surface area contributed by atoms with Crippen LogP contribution in [0.3, 0.4) is 0 Å². The van der Waals surface area contributed by atoms with Gasteiger partial charge in [-0.25, -0.2) is 0 Å². The molecule has 0 spiro atoms. The monoisotopic (exact) mass is 227 g/mol. The first kappa shape index (κ1) is 13.0. The summed E-state index contributed by atoms with van der Waals surface area (Å²) in [5.74, 6) is 0.00736. The average molecular weight is 227 g/mol. The standard InChI is InChI=1S/C11H21N3O2/c1-8(11(16)14(2)3)13-9-6-4-5-7-12-10(9)15/h8-9,13H,4-7H2,1-3H3,(H,12,15). The molecule has 2 unspecified atom stereocenters. The summed E-state index contributed by atoms with van der Waals surface area (Å²) in [4.78, 5) is 24.8. The van der Waals surface area contributed by atoms with Crippen LogP contribution in [0.2, 0.25) is 0 Å². The molecule has 2 N–H and O–H groups in total. The Morgan fingerprint density at radius 1 is 1.50 bits per heavy atom. The molecule has 0 aromatic heterocycles. The molecule has 1 rings (SSSR count). The molecule has 0 bridgehead atoms. The summed E-state index contributed by atoms with van der Waals surface area (Å²) in [6, 6.07) is -0.551. The number of hydrogen-bond acceptors (Lipinski definition) is 3. The maximum absolute atomic E-state index is 11.6. The maximum atomic E-state index is 11.6. The second kappa shape index (κ2) is 5.84. The van der Waals surface area contributed by atoms with Crippen molar-refractivity contribution in [1.82, 2.24) is 15.5 Å². The molecular formula is C11H21N3O2. The van der Waals surface area contributed by atoms with Gasteiger partial charge in [0.1, 0.15) is 0 Å². The zero-order chi connectivity index (χ0) is 12.1. The topological polar surface area (TPSA) is 61.4 Å². The fourth-order valence-electron chi connectivity index (χ4n) is 1.86. The predicted octanol–water partition coefficient (Wildman–Crippen LogP) is -0.279. The van der Waals surface area contributed by atoms with Crippen molar-refractivity contribution in [3.63, 3.8) is 0 Å². The van der Waals surface area contributed by atoms with Gasteiger partial charge in [-0.05, 0) is 26.2 Å². The van der Waals surface area contributed by atoms with E-state index in [9.17, 15) is 9.59 Å². The van der Waals surface area contributed by atoms with Crippen LogP contribution in [0.5, 0.6) is 0 Å². The number of nitrogens with zero attached hydrogens (tertiary/aromatic N) is 1. The lowest BCUT2D eigenvalue weighted by atomic mass is 10.1. The molecule has 1 aliphatic rings. The molecule has 0 aromatic carbocycles. The van der Waals surface area contributed by atoms with Crippen molar-refractivity contribution in [2.75, 3.05) is 20.6 Å². The molecule has 16 heavy (non-hydrogen) atoms. The lowest BCUT2D eigenvalue weighted by molar-refractivity contribution is -0.131. The van der Waals surface area contributed by atoms with E-state index in [4.69, 9.17) is 0 Å². The van der Waals surface area contributed by atoms with Gasteiger partial charge in [0, 0.05) is 20.6 Å². The van der Waals surface area contributed by atoms with E-state index in [1.165, 1.54) is 4.90 Å². The Kier molecular flexibility index (Phi) is 4.73. The number of hydrogen-bond donors (Lipinski definition) is 2. The summed E-state index contributed by atoms with van der Waals surface area (Å²) in [5, 5.41) is 5.93. The summed E-state index contributed by atoms with van der Waals surface area (Å²) < 4.78 is 0. The minimum atomic E-state index is -0.316. The second-order valence-electron chi connectivity index (χ2n) is 4.46. The Morgan fingerprint density at radius 2 is 2.19 bits per heavy atom. The number of likely N-dealkylation sites (N-methyl/N-ethyl adjacent to an activating group) is 1. The van der Waals surface area contributed by atoms with E-state index in [1.54, 1.807) is 21.0 Å². The Morgan fingerprint density at radius 3 is 2.81 bits per heavy atom. The molecule has 5 heteroatoms. The van der Waals surface area contributed by atoms with Gasteiger partial charge in [0.15, 0.2) is 0 Å². The number of carbonyl (C=O) groups excluding carboxylic acids is 2. The van der Waals surface area contributed by atoms with Gasteiger partial charge in [-0.2, -0.15) is 0 Å². The molecule has 1 saturated heterocycles. The molecule has 5 nitrogen and oxygen atoms in total. The van der Waals surface area contributed by atoms with Crippen molar-refractivity contribution in [2.24, 2.45) is 0 Å². The van der Waals surface area contributed by atoms with Gasteiger partial charge in [0.2, 0.25) is 11.8 Å². The average Bonchev–Trinajstić information content (AvgIpc) is 2.43. The van der Waals surface area contributed by atoms with Gasteiger partial charge in [-0.15, -0.1) is 0 Å². The van der Waals surface area contributed by atoms with Crippen LogP contribution in [0, 0.1) is 0 Å². The highest BCUT2D eigenvalue weighted by atomic mass is 16.2. The van der Waals surface area contributed by atoms with Crippen molar-refractivity contribution in [1.29, 1.82) is 0 Å². The summed E-state index contributed by atoms with van der Waals surface area (Å²) in [7, 11) is 3.43. The number of amides is 2. The van der Waals surface area contributed by atoms with Crippen LogP contribution in [0.25, 0.3) is 0 Å². The van der Waals surface area contributed by atoms with Gasteiger partial charge in [-0.1, -0.05) is 0 Å². The molecule has 1 fully saturated rings. The van der Waals surface area contributed by atoms with Crippen LogP contribution in [0.4, 0.5) is 0 Å². The predicted molar refractivity (Wildman–Crippen MR) is 61.9 cm³/mol. The first-order chi connectivity index (χ1) is 7.52. The molecule has 2 amide bonds. The van der Waals surface area contributed by atoms with Crippen LogP contribution >= 0.6 is 0 Å². The molecular weight excluding hydrogens is 206 g/mol. The van der Waals surface area contributed by atoms with Crippen LogP contribution in [-0.4, -0.2) is 49.4 Å². The van der Waals surface area contributed by atoms with Crippen LogP contribution in [-0.2, 0) is 9.59 Å². The summed E-state index contributed by atoms with van der Waals surface area (Å²) in [6.45, 7) is 2.54. The highest BCUT2D eigenvalue weighted by Crippen LogP contribution is 2.06. The van der Waals surface area contributed by atoms with Crippen LogP contribution < -0.4 is 10.6 Å².